The van der Waals surface area contributed by atoms with Gasteiger partial charge in [0.2, 0.25) is 0 Å². The van der Waals surface area contributed by atoms with Gasteiger partial charge < -0.3 is 16.4 Å². The van der Waals surface area contributed by atoms with Gasteiger partial charge in [0.25, 0.3) is 0 Å². The molecule has 1 aromatic rings. The van der Waals surface area contributed by atoms with Crippen molar-refractivity contribution >= 4 is 11.6 Å². The third kappa shape index (κ3) is 3.16. The Bertz CT molecular complexity index is 365. The number of benzene rings is 1. The van der Waals surface area contributed by atoms with Crippen molar-refractivity contribution in [3.05, 3.63) is 29.3 Å². The highest BCUT2D eigenvalue weighted by Crippen LogP contribution is 2.17. The molecule has 4 nitrogen and oxygen atoms in total. The molecule has 0 aliphatic heterocycles. The van der Waals surface area contributed by atoms with Crippen LogP contribution >= 0.6 is 0 Å². The minimum Gasteiger partial charge on any atom is -0.378 e. The molecular formula is C11H18N4. The number of nitrogens with two attached hydrogens (primary N) is 2. The van der Waals surface area contributed by atoms with Gasteiger partial charge in [-0.3, -0.25) is 0 Å². The second kappa shape index (κ2) is 4.68. The number of anilines is 1. The lowest BCUT2D eigenvalue weighted by Crippen LogP contribution is -2.22. The Morgan fingerprint density at radius 1 is 1.33 bits per heavy atom. The van der Waals surface area contributed by atoms with Gasteiger partial charge in [-0.2, -0.15) is 0 Å². The summed E-state index contributed by atoms with van der Waals surface area (Å²) in [4.78, 5) is 6.06. The molecule has 0 radical (unpaired) electrons. The number of rotatable bonds is 3. The fourth-order valence-electron chi connectivity index (χ4n) is 1.31. The normalized spacial score (nSPS) is 9.80. The average Bonchev–Trinajstić information content (AvgIpc) is 2.15. The van der Waals surface area contributed by atoms with Crippen molar-refractivity contribution in [3.8, 4) is 0 Å². The van der Waals surface area contributed by atoms with Gasteiger partial charge in [-0.1, -0.05) is 6.07 Å². The van der Waals surface area contributed by atoms with Gasteiger partial charge >= 0.3 is 0 Å². The van der Waals surface area contributed by atoms with Gasteiger partial charge in [0, 0.05) is 19.8 Å². The molecule has 0 saturated heterocycles. The molecule has 0 spiro atoms. The van der Waals surface area contributed by atoms with E-state index in [-0.39, 0.29) is 5.96 Å². The SMILES string of the molecule is Cc1cc(N(C)C)ccc1CN=C(N)N. The van der Waals surface area contributed by atoms with Crippen molar-refractivity contribution in [2.75, 3.05) is 19.0 Å². The Balaban J connectivity index is 2.88. The largest absolute Gasteiger partial charge is 0.378 e. The van der Waals surface area contributed by atoms with E-state index in [9.17, 15) is 0 Å². The summed E-state index contributed by atoms with van der Waals surface area (Å²) in [6.07, 6.45) is 0. The van der Waals surface area contributed by atoms with Crippen LogP contribution in [0.3, 0.4) is 0 Å². The highest BCUT2D eigenvalue weighted by molar-refractivity contribution is 5.75. The molecule has 0 bridgehead atoms. The quantitative estimate of drug-likeness (QED) is 0.568. The molecule has 4 N–H and O–H groups in total. The first-order chi connectivity index (χ1) is 7.00. The van der Waals surface area contributed by atoms with Crippen LogP contribution in [0.25, 0.3) is 0 Å². The molecule has 1 aromatic carbocycles. The van der Waals surface area contributed by atoms with Crippen molar-refractivity contribution in [1.29, 1.82) is 0 Å². The molecule has 0 heterocycles. The van der Waals surface area contributed by atoms with Crippen LogP contribution in [0.5, 0.6) is 0 Å². The van der Waals surface area contributed by atoms with E-state index in [1.54, 1.807) is 0 Å². The zero-order valence-electron chi connectivity index (χ0n) is 9.49. The lowest BCUT2D eigenvalue weighted by Gasteiger charge is -2.14. The molecule has 0 aromatic heterocycles. The van der Waals surface area contributed by atoms with Gasteiger partial charge in [-0.15, -0.1) is 0 Å². The predicted molar refractivity (Wildman–Crippen MR) is 65.0 cm³/mol. The van der Waals surface area contributed by atoms with E-state index in [1.807, 2.05) is 14.1 Å². The molecule has 82 valence electrons. The topological polar surface area (TPSA) is 67.6 Å². The van der Waals surface area contributed by atoms with Gasteiger partial charge in [0.05, 0.1) is 6.54 Å². The summed E-state index contributed by atoms with van der Waals surface area (Å²) in [6.45, 7) is 2.60. The molecule has 0 fully saturated rings. The number of aliphatic imine (C=N–C) groups is 1. The fraction of sp³-hybridized carbons (Fsp3) is 0.364. The molecule has 0 aliphatic carbocycles. The second-order valence-electron chi connectivity index (χ2n) is 3.75. The third-order valence-electron chi connectivity index (χ3n) is 2.27. The van der Waals surface area contributed by atoms with Crippen molar-refractivity contribution < 1.29 is 0 Å². The Labute approximate surface area is 90.6 Å². The van der Waals surface area contributed by atoms with E-state index in [4.69, 9.17) is 11.5 Å². The number of nitrogens with zero attached hydrogens (tertiary/aromatic N) is 2. The van der Waals surface area contributed by atoms with Gasteiger partial charge in [-0.25, -0.2) is 4.99 Å². The Hall–Kier alpha value is -1.71. The van der Waals surface area contributed by atoms with E-state index in [1.165, 1.54) is 11.3 Å². The van der Waals surface area contributed by atoms with Gasteiger partial charge in [-0.05, 0) is 30.2 Å². The first kappa shape index (κ1) is 11.4. The predicted octanol–water partition coefficient (Wildman–Crippen LogP) is 0.834. The van der Waals surface area contributed by atoms with E-state index >= 15 is 0 Å². The smallest absolute Gasteiger partial charge is 0.186 e. The molecule has 0 unspecified atom stereocenters. The first-order valence-electron chi connectivity index (χ1n) is 4.83. The maximum Gasteiger partial charge on any atom is 0.186 e. The van der Waals surface area contributed by atoms with E-state index in [0.717, 1.165) is 5.56 Å². The van der Waals surface area contributed by atoms with Crippen LogP contribution in [0.4, 0.5) is 5.69 Å². The highest BCUT2D eigenvalue weighted by atomic mass is 15.1. The van der Waals surface area contributed by atoms with Crippen molar-refractivity contribution in [1.82, 2.24) is 0 Å². The Morgan fingerprint density at radius 3 is 2.47 bits per heavy atom. The monoisotopic (exact) mass is 206 g/mol. The van der Waals surface area contributed by atoms with Crippen LogP contribution in [-0.4, -0.2) is 20.1 Å². The molecule has 0 aliphatic rings. The number of aryl methyl sites for hydroxylation is 1. The van der Waals surface area contributed by atoms with Gasteiger partial charge in [0.1, 0.15) is 0 Å². The molecule has 4 heteroatoms. The minimum atomic E-state index is 0.131. The Morgan fingerprint density at radius 2 is 2.00 bits per heavy atom. The second-order valence-corrected chi connectivity index (χ2v) is 3.75. The maximum absolute atomic E-state index is 5.29. The van der Waals surface area contributed by atoms with E-state index < -0.39 is 0 Å². The molecule has 15 heavy (non-hydrogen) atoms. The van der Waals surface area contributed by atoms with Crippen LogP contribution in [-0.2, 0) is 6.54 Å². The Kier molecular flexibility index (Phi) is 3.55. The van der Waals surface area contributed by atoms with Crippen molar-refractivity contribution in [2.45, 2.75) is 13.5 Å². The average molecular weight is 206 g/mol. The molecular weight excluding hydrogens is 188 g/mol. The summed E-state index contributed by atoms with van der Waals surface area (Å²) in [7, 11) is 4.04. The summed E-state index contributed by atoms with van der Waals surface area (Å²) in [5, 5.41) is 0. The third-order valence-corrected chi connectivity index (χ3v) is 2.27. The van der Waals surface area contributed by atoms with Gasteiger partial charge in [0.15, 0.2) is 5.96 Å². The highest BCUT2D eigenvalue weighted by Gasteiger charge is 2.00. The van der Waals surface area contributed by atoms with Crippen LogP contribution in [0.2, 0.25) is 0 Å². The number of hydrogen-bond acceptors (Lipinski definition) is 2. The van der Waals surface area contributed by atoms with Crippen LogP contribution in [0, 0.1) is 6.92 Å². The summed E-state index contributed by atoms with van der Waals surface area (Å²) < 4.78 is 0. The van der Waals surface area contributed by atoms with Crippen LogP contribution < -0.4 is 16.4 Å². The summed E-state index contributed by atoms with van der Waals surface area (Å²) in [6, 6.07) is 6.24. The molecule has 1 rings (SSSR count). The summed E-state index contributed by atoms with van der Waals surface area (Å²) in [5.41, 5.74) is 14.1. The first-order valence-corrected chi connectivity index (χ1v) is 4.83. The van der Waals surface area contributed by atoms with Crippen LogP contribution in [0.1, 0.15) is 11.1 Å². The number of hydrogen-bond donors (Lipinski definition) is 2. The summed E-state index contributed by atoms with van der Waals surface area (Å²) >= 11 is 0. The van der Waals surface area contributed by atoms with E-state index in [0.29, 0.717) is 6.54 Å². The molecule has 0 saturated carbocycles. The molecule has 0 atom stereocenters. The summed E-state index contributed by atoms with van der Waals surface area (Å²) in [5.74, 6) is 0.131. The lowest BCUT2D eigenvalue weighted by atomic mass is 10.1. The van der Waals surface area contributed by atoms with E-state index in [2.05, 4.69) is 35.0 Å². The van der Waals surface area contributed by atoms with Crippen molar-refractivity contribution in [2.24, 2.45) is 16.5 Å². The zero-order chi connectivity index (χ0) is 11.4. The minimum absolute atomic E-state index is 0.131. The maximum atomic E-state index is 5.29. The van der Waals surface area contributed by atoms with Crippen LogP contribution in [0.15, 0.2) is 23.2 Å². The van der Waals surface area contributed by atoms with Crippen molar-refractivity contribution in [3.63, 3.8) is 0 Å². The zero-order valence-corrected chi connectivity index (χ0v) is 9.49. The lowest BCUT2D eigenvalue weighted by molar-refractivity contribution is 1.03. The fourth-order valence-corrected chi connectivity index (χ4v) is 1.31. The standard InChI is InChI=1S/C11H18N4/c1-8-6-10(15(2)3)5-4-9(8)7-14-11(12)13/h4-6H,7H2,1-3H3,(H4,12,13,14). The molecule has 0 amide bonds. The number of guanidine groups is 1.